The van der Waals surface area contributed by atoms with Gasteiger partial charge in [-0.25, -0.2) is 13.2 Å². The predicted octanol–water partition coefficient (Wildman–Crippen LogP) is 2.11. The Balaban J connectivity index is 1.96. The Morgan fingerprint density at radius 2 is 1.50 bits per heavy atom. The fourth-order valence-electron chi connectivity index (χ4n) is 2.74. The van der Waals surface area contributed by atoms with Crippen molar-refractivity contribution in [1.29, 1.82) is 0 Å². The van der Waals surface area contributed by atoms with Gasteiger partial charge in [-0.15, -0.1) is 0 Å². The van der Waals surface area contributed by atoms with Gasteiger partial charge in [0.05, 0.1) is 12.6 Å². The SMILES string of the molecule is CN1OC[C@H](S(=O)(=O)Oc2c(F)c(F)c(F)c(F)c2F)[C@H]1C1CC1. The number of nitrogens with zero attached hydrogens (tertiary/aromatic N) is 1. The molecule has 1 aromatic rings. The Kier molecular flexibility index (Phi) is 4.21. The number of hydrogen-bond acceptors (Lipinski definition) is 5. The van der Waals surface area contributed by atoms with Crippen LogP contribution in [-0.4, -0.2) is 38.4 Å². The fourth-order valence-corrected chi connectivity index (χ4v) is 4.20. The predicted molar refractivity (Wildman–Crippen MR) is 69.8 cm³/mol. The van der Waals surface area contributed by atoms with E-state index < -0.39 is 56.2 Å². The van der Waals surface area contributed by atoms with Crippen LogP contribution in [0.4, 0.5) is 22.0 Å². The van der Waals surface area contributed by atoms with E-state index in [0.29, 0.717) is 0 Å². The van der Waals surface area contributed by atoms with Crippen LogP contribution >= 0.6 is 0 Å². The van der Waals surface area contributed by atoms with Crippen LogP contribution in [0.2, 0.25) is 0 Å². The number of hydroxylamine groups is 2. The molecule has 1 heterocycles. The molecule has 2 aliphatic rings. The number of halogens is 5. The molecular formula is C13H12F5NO4S. The van der Waals surface area contributed by atoms with Gasteiger partial charge < -0.3 is 4.18 Å². The Morgan fingerprint density at radius 1 is 1.00 bits per heavy atom. The van der Waals surface area contributed by atoms with Crippen LogP contribution in [0.15, 0.2) is 0 Å². The maximum Gasteiger partial charge on any atom is 0.316 e. The van der Waals surface area contributed by atoms with E-state index in [1.54, 1.807) is 0 Å². The first-order valence-corrected chi connectivity index (χ1v) is 8.42. The van der Waals surface area contributed by atoms with Gasteiger partial charge in [-0.3, -0.25) is 4.84 Å². The van der Waals surface area contributed by atoms with Gasteiger partial charge in [-0.2, -0.15) is 22.3 Å². The highest BCUT2D eigenvalue weighted by atomic mass is 32.2. The zero-order chi connectivity index (χ0) is 17.8. The molecule has 5 nitrogen and oxygen atoms in total. The van der Waals surface area contributed by atoms with Crippen molar-refractivity contribution in [2.24, 2.45) is 5.92 Å². The van der Waals surface area contributed by atoms with Crippen molar-refractivity contribution in [3.8, 4) is 5.75 Å². The van der Waals surface area contributed by atoms with Gasteiger partial charge in [-0.1, -0.05) is 0 Å². The molecule has 11 heteroatoms. The van der Waals surface area contributed by atoms with Crippen LogP contribution in [0.1, 0.15) is 12.8 Å². The molecule has 0 N–H and O–H groups in total. The van der Waals surface area contributed by atoms with Gasteiger partial charge in [0, 0.05) is 7.05 Å². The molecule has 1 aromatic carbocycles. The summed E-state index contributed by atoms with van der Waals surface area (Å²) in [6.07, 6.45) is 1.49. The van der Waals surface area contributed by atoms with E-state index in [-0.39, 0.29) is 12.5 Å². The standard InChI is InChI=1S/C13H12F5NO4S/c1-19-12(5-2-3-5)6(4-22-19)24(20,21)23-13-10(17)8(15)7(14)9(16)11(13)18/h5-6,12H,2-4H2,1H3/t6-,12+/m0/s1. The second-order valence-corrected chi connectivity index (χ2v) is 7.44. The molecular weight excluding hydrogens is 361 g/mol. The van der Waals surface area contributed by atoms with Crippen LogP contribution in [0.25, 0.3) is 0 Å². The molecule has 0 unspecified atom stereocenters. The minimum atomic E-state index is -4.69. The number of benzene rings is 1. The van der Waals surface area contributed by atoms with Crippen molar-refractivity contribution in [3.05, 3.63) is 29.1 Å². The average molecular weight is 373 g/mol. The molecule has 0 aromatic heterocycles. The highest BCUT2D eigenvalue weighted by Gasteiger charge is 2.51. The fraction of sp³-hybridized carbons (Fsp3) is 0.538. The van der Waals surface area contributed by atoms with Crippen molar-refractivity contribution in [1.82, 2.24) is 5.06 Å². The summed E-state index contributed by atoms with van der Waals surface area (Å²) >= 11 is 0. The molecule has 0 bridgehead atoms. The lowest BCUT2D eigenvalue weighted by Crippen LogP contribution is -2.41. The Bertz CT molecular complexity index is 754. The highest BCUT2D eigenvalue weighted by molar-refractivity contribution is 7.87. The van der Waals surface area contributed by atoms with E-state index in [0.717, 1.165) is 12.8 Å². The first-order chi connectivity index (χ1) is 11.1. The Hall–Kier alpha value is -1.46. The van der Waals surface area contributed by atoms with E-state index in [4.69, 9.17) is 4.84 Å². The van der Waals surface area contributed by atoms with Gasteiger partial charge >= 0.3 is 10.1 Å². The third kappa shape index (κ3) is 2.74. The molecule has 0 spiro atoms. The van der Waals surface area contributed by atoms with Crippen molar-refractivity contribution in [3.63, 3.8) is 0 Å². The van der Waals surface area contributed by atoms with Gasteiger partial charge in [0.2, 0.25) is 34.8 Å². The molecule has 3 rings (SSSR count). The monoisotopic (exact) mass is 373 g/mol. The third-order valence-corrected chi connectivity index (χ3v) is 5.64. The van der Waals surface area contributed by atoms with Crippen LogP contribution in [0.5, 0.6) is 5.75 Å². The lowest BCUT2D eigenvalue weighted by atomic mass is 10.1. The van der Waals surface area contributed by atoms with Crippen LogP contribution in [0.3, 0.4) is 0 Å². The molecule has 0 radical (unpaired) electrons. The number of hydrogen-bond donors (Lipinski definition) is 0. The molecule has 1 saturated carbocycles. The summed E-state index contributed by atoms with van der Waals surface area (Å²) in [5.41, 5.74) is 0. The third-order valence-electron chi connectivity index (χ3n) is 4.09. The molecule has 1 saturated heterocycles. The normalized spacial score (nSPS) is 25.2. The van der Waals surface area contributed by atoms with E-state index in [1.165, 1.54) is 12.1 Å². The van der Waals surface area contributed by atoms with Crippen LogP contribution in [0, 0.1) is 35.0 Å². The zero-order valence-corrected chi connectivity index (χ0v) is 13.0. The summed E-state index contributed by atoms with van der Waals surface area (Å²) in [5, 5.41) is 0.00638. The van der Waals surface area contributed by atoms with E-state index in [9.17, 15) is 30.4 Å². The van der Waals surface area contributed by atoms with Crippen LogP contribution in [-0.2, 0) is 15.0 Å². The molecule has 2 fully saturated rings. The van der Waals surface area contributed by atoms with Crippen molar-refractivity contribution in [2.75, 3.05) is 13.7 Å². The molecule has 134 valence electrons. The molecule has 24 heavy (non-hydrogen) atoms. The highest BCUT2D eigenvalue weighted by Crippen LogP contribution is 2.41. The maximum absolute atomic E-state index is 13.6. The van der Waals surface area contributed by atoms with E-state index >= 15 is 0 Å². The second-order valence-electron chi connectivity index (χ2n) is 5.68. The van der Waals surface area contributed by atoms with Gasteiger partial charge in [-0.05, 0) is 18.8 Å². The van der Waals surface area contributed by atoms with E-state index in [1.807, 2.05) is 0 Å². The van der Waals surface area contributed by atoms with E-state index in [2.05, 4.69) is 4.18 Å². The number of rotatable bonds is 4. The minimum absolute atomic E-state index is 0.00254. The summed E-state index contributed by atoms with van der Waals surface area (Å²) in [5.74, 6) is -13.5. The van der Waals surface area contributed by atoms with Crippen LogP contribution < -0.4 is 4.18 Å². The van der Waals surface area contributed by atoms with Crippen molar-refractivity contribution >= 4 is 10.1 Å². The maximum atomic E-state index is 13.6. The second kappa shape index (κ2) is 5.81. The molecule has 0 amide bonds. The van der Waals surface area contributed by atoms with Gasteiger partial charge in [0.25, 0.3) is 0 Å². The lowest BCUT2D eigenvalue weighted by molar-refractivity contribution is -0.113. The van der Waals surface area contributed by atoms with Crippen molar-refractivity contribution < 1.29 is 39.4 Å². The minimum Gasteiger partial charge on any atom is -0.376 e. The summed E-state index contributed by atoms with van der Waals surface area (Å²) in [4.78, 5) is 5.11. The molecule has 1 aliphatic carbocycles. The molecule has 2 atom stereocenters. The quantitative estimate of drug-likeness (QED) is 0.350. The van der Waals surface area contributed by atoms with Crippen molar-refractivity contribution in [2.45, 2.75) is 24.1 Å². The molecule has 1 aliphatic heterocycles. The topological polar surface area (TPSA) is 55.8 Å². The zero-order valence-electron chi connectivity index (χ0n) is 12.2. The lowest BCUT2D eigenvalue weighted by Gasteiger charge is -2.22. The largest absolute Gasteiger partial charge is 0.376 e. The Morgan fingerprint density at radius 3 is 2.00 bits per heavy atom. The smallest absolute Gasteiger partial charge is 0.316 e. The average Bonchev–Trinajstić information content (AvgIpc) is 3.29. The summed E-state index contributed by atoms with van der Waals surface area (Å²) in [6.45, 7) is -0.338. The van der Waals surface area contributed by atoms with Gasteiger partial charge in [0.15, 0.2) is 0 Å². The summed E-state index contributed by atoms with van der Waals surface area (Å²) in [7, 11) is -3.20. The summed E-state index contributed by atoms with van der Waals surface area (Å²) in [6, 6.07) is -0.615. The van der Waals surface area contributed by atoms with Gasteiger partial charge in [0.1, 0.15) is 5.25 Å². The first-order valence-electron chi connectivity index (χ1n) is 6.95. The summed E-state index contributed by atoms with van der Waals surface area (Å²) < 4.78 is 95.4. The first kappa shape index (κ1) is 17.4. The Labute approximate surface area is 134 Å².